The number of amides is 1. The Morgan fingerprint density at radius 3 is 3.07 bits per heavy atom. The summed E-state index contributed by atoms with van der Waals surface area (Å²) >= 11 is 0. The fraction of sp³-hybridized carbons (Fsp3) is 0.400. The first-order valence-electron chi connectivity index (χ1n) is 4.65. The van der Waals surface area contributed by atoms with E-state index in [0.717, 1.165) is 6.42 Å². The number of rotatable bonds is 5. The van der Waals surface area contributed by atoms with Crippen LogP contribution >= 0.6 is 0 Å². The SMILES string of the molecule is COCCCNC(=O)c1cncc(O)c1. The van der Waals surface area contributed by atoms with Crippen molar-refractivity contribution >= 4 is 5.91 Å². The largest absolute Gasteiger partial charge is 0.506 e. The zero-order valence-electron chi connectivity index (χ0n) is 8.56. The lowest BCUT2D eigenvalue weighted by Gasteiger charge is -2.04. The highest BCUT2D eigenvalue weighted by molar-refractivity contribution is 5.94. The highest BCUT2D eigenvalue weighted by Crippen LogP contribution is 2.07. The first-order valence-corrected chi connectivity index (χ1v) is 4.65. The highest BCUT2D eigenvalue weighted by atomic mass is 16.5. The van der Waals surface area contributed by atoms with Crippen LogP contribution in [-0.2, 0) is 4.74 Å². The van der Waals surface area contributed by atoms with Gasteiger partial charge in [-0.1, -0.05) is 0 Å². The number of methoxy groups -OCH3 is 1. The van der Waals surface area contributed by atoms with Gasteiger partial charge in [-0.25, -0.2) is 0 Å². The Morgan fingerprint density at radius 2 is 2.40 bits per heavy atom. The normalized spacial score (nSPS) is 9.93. The second-order valence-corrected chi connectivity index (χ2v) is 3.03. The lowest BCUT2D eigenvalue weighted by Crippen LogP contribution is -2.25. The van der Waals surface area contributed by atoms with Crippen LogP contribution in [0.1, 0.15) is 16.8 Å². The Hall–Kier alpha value is -1.62. The minimum Gasteiger partial charge on any atom is -0.506 e. The third kappa shape index (κ3) is 3.95. The average Bonchev–Trinajstić information content (AvgIpc) is 2.24. The van der Waals surface area contributed by atoms with Crippen molar-refractivity contribution in [3.63, 3.8) is 0 Å². The number of hydrogen-bond donors (Lipinski definition) is 2. The number of hydrogen-bond acceptors (Lipinski definition) is 4. The van der Waals surface area contributed by atoms with Gasteiger partial charge in [0, 0.05) is 26.5 Å². The fourth-order valence-electron chi connectivity index (χ4n) is 1.07. The zero-order valence-corrected chi connectivity index (χ0v) is 8.56. The fourth-order valence-corrected chi connectivity index (χ4v) is 1.07. The summed E-state index contributed by atoms with van der Waals surface area (Å²) < 4.78 is 4.84. The number of ether oxygens (including phenoxy) is 1. The molecule has 0 fully saturated rings. The molecule has 5 heteroatoms. The van der Waals surface area contributed by atoms with E-state index in [-0.39, 0.29) is 11.7 Å². The lowest BCUT2D eigenvalue weighted by atomic mass is 10.2. The molecule has 0 bridgehead atoms. The van der Waals surface area contributed by atoms with Gasteiger partial charge in [0.15, 0.2) is 0 Å². The van der Waals surface area contributed by atoms with Crippen molar-refractivity contribution in [2.75, 3.05) is 20.3 Å². The van der Waals surface area contributed by atoms with Crippen LogP contribution in [0.15, 0.2) is 18.5 Å². The zero-order chi connectivity index (χ0) is 11.1. The molecule has 0 radical (unpaired) electrons. The molecule has 1 aromatic rings. The molecule has 2 N–H and O–H groups in total. The van der Waals surface area contributed by atoms with Gasteiger partial charge in [-0.15, -0.1) is 0 Å². The Labute approximate surface area is 88.1 Å². The first kappa shape index (κ1) is 11.5. The van der Waals surface area contributed by atoms with E-state index in [4.69, 9.17) is 9.84 Å². The Bertz CT molecular complexity index is 328. The van der Waals surface area contributed by atoms with Crippen LogP contribution in [0.4, 0.5) is 0 Å². The van der Waals surface area contributed by atoms with Gasteiger partial charge in [0.25, 0.3) is 5.91 Å². The molecule has 0 aliphatic heterocycles. The number of aromatic hydroxyl groups is 1. The van der Waals surface area contributed by atoms with Crippen LogP contribution < -0.4 is 5.32 Å². The summed E-state index contributed by atoms with van der Waals surface area (Å²) in [4.78, 5) is 15.2. The first-order chi connectivity index (χ1) is 7.24. The minimum absolute atomic E-state index is 0.0143. The molecule has 0 saturated heterocycles. The second-order valence-electron chi connectivity index (χ2n) is 3.03. The van der Waals surface area contributed by atoms with Gasteiger partial charge in [-0.2, -0.15) is 0 Å². The summed E-state index contributed by atoms with van der Waals surface area (Å²) in [7, 11) is 1.61. The van der Waals surface area contributed by atoms with Crippen LogP contribution in [0, 0.1) is 0 Å². The van der Waals surface area contributed by atoms with Crippen molar-refractivity contribution in [2.24, 2.45) is 0 Å². The lowest BCUT2D eigenvalue weighted by molar-refractivity contribution is 0.0948. The maximum absolute atomic E-state index is 11.5. The van der Waals surface area contributed by atoms with E-state index in [0.29, 0.717) is 18.7 Å². The van der Waals surface area contributed by atoms with Crippen LogP contribution in [0.2, 0.25) is 0 Å². The van der Waals surface area contributed by atoms with Gasteiger partial charge < -0.3 is 15.2 Å². The van der Waals surface area contributed by atoms with Crippen LogP contribution in [-0.4, -0.2) is 36.3 Å². The van der Waals surface area contributed by atoms with E-state index in [1.807, 2.05) is 0 Å². The number of nitrogens with zero attached hydrogens (tertiary/aromatic N) is 1. The van der Waals surface area contributed by atoms with E-state index in [1.165, 1.54) is 18.5 Å². The Balaban J connectivity index is 2.40. The number of carbonyl (C=O) groups is 1. The van der Waals surface area contributed by atoms with Crippen molar-refractivity contribution < 1.29 is 14.6 Å². The van der Waals surface area contributed by atoms with Crippen molar-refractivity contribution in [1.82, 2.24) is 10.3 Å². The van der Waals surface area contributed by atoms with Crippen molar-refractivity contribution in [2.45, 2.75) is 6.42 Å². The van der Waals surface area contributed by atoms with Gasteiger partial charge in [-0.3, -0.25) is 9.78 Å². The van der Waals surface area contributed by atoms with Crippen LogP contribution in [0.5, 0.6) is 5.75 Å². The molecule has 0 atom stereocenters. The second kappa shape index (κ2) is 5.98. The van der Waals surface area contributed by atoms with Crippen molar-refractivity contribution in [3.8, 4) is 5.75 Å². The molecule has 0 aliphatic rings. The summed E-state index contributed by atoms with van der Waals surface area (Å²) in [5.41, 5.74) is 0.354. The van der Waals surface area contributed by atoms with E-state index in [2.05, 4.69) is 10.3 Å². The third-order valence-corrected chi connectivity index (χ3v) is 1.80. The van der Waals surface area contributed by atoms with Crippen molar-refractivity contribution in [3.05, 3.63) is 24.0 Å². The predicted octanol–water partition coefficient (Wildman–Crippen LogP) is 0.553. The van der Waals surface area contributed by atoms with Gasteiger partial charge >= 0.3 is 0 Å². The summed E-state index contributed by atoms with van der Waals surface area (Å²) in [6.07, 6.45) is 3.45. The van der Waals surface area contributed by atoms with Gasteiger partial charge in [0.1, 0.15) is 5.75 Å². The summed E-state index contributed by atoms with van der Waals surface area (Å²) in [5, 5.41) is 11.8. The predicted molar refractivity (Wildman–Crippen MR) is 54.7 cm³/mol. The summed E-state index contributed by atoms with van der Waals surface area (Å²) in [6, 6.07) is 1.37. The number of nitrogens with one attached hydrogen (secondary N) is 1. The number of aromatic nitrogens is 1. The standard InChI is InChI=1S/C10H14N2O3/c1-15-4-2-3-12-10(14)8-5-9(13)7-11-6-8/h5-7,13H,2-4H2,1H3,(H,12,14). The molecule has 1 rings (SSSR count). The smallest absolute Gasteiger partial charge is 0.252 e. The van der Waals surface area contributed by atoms with Gasteiger partial charge in [0.2, 0.25) is 0 Å². The minimum atomic E-state index is -0.241. The quantitative estimate of drug-likeness (QED) is 0.696. The molecule has 1 heterocycles. The summed E-state index contributed by atoms with van der Waals surface area (Å²) in [5.74, 6) is -0.256. The Kier molecular flexibility index (Phi) is 4.56. The third-order valence-electron chi connectivity index (χ3n) is 1.80. The molecule has 0 saturated carbocycles. The van der Waals surface area contributed by atoms with Crippen LogP contribution in [0.3, 0.4) is 0 Å². The molecule has 1 amide bonds. The molecule has 0 aliphatic carbocycles. The molecule has 5 nitrogen and oxygen atoms in total. The molecule has 82 valence electrons. The summed E-state index contributed by atoms with van der Waals surface area (Å²) in [6.45, 7) is 1.15. The molecule has 1 aromatic heterocycles. The maximum Gasteiger partial charge on any atom is 0.252 e. The highest BCUT2D eigenvalue weighted by Gasteiger charge is 2.05. The maximum atomic E-state index is 11.5. The average molecular weight is 210 g/mol. The van der Waals surface area contributed by atoms with Crippen LogP contribution in [0.25, 0.3) is 0 Å². The number of carbonyl (C=O) groups excluding carboxylic acids is 1. The molecule has 0 unspecified atom stereocenters. The van der Waals surface area contributed by atoms with Gasteiger partial charge in [0.05, 0.1) is 11.8 Å². The number of pyridine rings is 1. The monoisotopic (exact) mass is 210 g/mol. The van der Waals surface area contributed by atoms with Gasteiger partial charge in [-0.05, 0) is 12.5 Å². The van der Waals surface area contributed by atoms with Crippen molar-refractivity contribution in [1.29, 1.82) is 0 Å². The molecule has 0 aromatic carbocycles. The van der Waals surface area contributed by atoms with E-state index in [9.17, 15) is 4.79 Å². The van der Waals surface area contributed by atoms with E-state index < -0.39 is 0 Å². The molecule has 0 spiro atoms. The molecular formula is C10H14N2O3. The molecular weight excluding hydrogens is 196 g/mol. The van der Waals surface area contributed by atoms with E-state index >= 15 is 0 Å². The Morgan fingerprint density at radius 1 is 1.60 bits per heavy atom. The topological polar surface area (TPSA) is 71.5 Å². The molecule has 15 heavy (non-hydrogen) atoms. The van der Waals surface area contributed by atoms with E-state index in [1.54, 1.807) is 7.11 Å².